The summed E-state index contributed by atoms with van der Waals surface area (Å²) < 4.78 is 66.5. The molecule has 0 N–H and O–H groups in total. The van der Waals surface area contributed by atoms with Crippen LogP contribution < -0.4 is 0 Å². The van der Waals surface area contributed by atoms with E-state index in [4.69, 9.17) is 21.1 Å². The van der Waals surface area contributed by atoms with Crippen molar-refractivity contribution in [2.45, 2.75) is 25.5 Å². The molecule has 3 rings (SSSR count). The van der Waals surface area contributed by atoms with Gasteiger partial charge in [0.05, 0.1) is 25.1 Å². The van der Waals surface area contributed by atoms with Crippen LogP contribution in [0, 0.1) is 23.5 Å². The molecule has 0 aromatic heterocycles. The van der Waals surface area contributed by atoms with Gasteiger partial charge >= 0.3 is 6.09 Å². The minimum Gasteiger partial charge on any atom is -0.449 e. The van der Waals surface area contributed by atoms with E-state index in [1.54, 1.807) is 6.92 Å². The van der Waals surface area contributed by atoms with Gasteiger partial charge in [0.25, 0.3) is 0 Å². The lowest BCUT2D eigenvalue weighted by Gasteiger charge is -2.30. The van der Waals surface area contributed by atoms with E-state index < -0.39 is 44.7 Å². The SMILES string of the molecule is CC1CC(Cl)=CC=C1S(=O)(=O)[C@H](c1cc(F)ccc1F)[C@H](C)COC(=O)N1CCOCC1. The van der Waals surface area contributed by atoms with Crippen molar-refractivity contribution in [2.24, 2.45) is 11.8 Å². The molecule has 32 heavy (non-hydrogen) atoms. The second-order valence-electron chi connectivity index (χ2n) is 8.07. The number of nitrogens with zero attached hydrogens (tertiary/aromatic N) is 1. The van der Waals surface area contributed by atoms with E-state index in [9.17, 15) is 22.0 Å². The number of halogens is 3. The lowest BCUT2D eigenvalue weighted by Crippen LogP contribution is -2.41. The number of hydrogen-bond acceptors (Lipinski definition) is 5. The maximum Gasteiger partial charge on any atom is 0.409 e. The molecule has 0 radical (unpaired) electrons. The second kappa shape index (κ2) is 10.3. The van der Waals surface area contributed by atoms with Gasteiger partial charge in [-0.1, -0.05) is 25.4 Å². The summed E-state index contributed by atoms with van der Waals surface area (Å²) in [5.41, 5.74) is -0.298. The molecule has 1 fully saturated rings. The lowest BCUT2D eigenvalue weighted by molar-refractivity contribution is 0.0233. The van der Waals surface area contributed by atoms with Crippen LogP contribution in [0.15, 0.2) is 40.3 Å². The Bertz CT molecular complexity index is 1020. The molecule has 10 heteroatoms. The fourth-order valence-corrected chi connectivity index (χ4v) is 6.65. The van der Waals surface area contributed by atoms with Crippen LogP contribution in [-0.2, 0) is 19.3 Å². The number of amides is 1. The minimum atomic E-state index is -4.13. The fraction of sp³-hybridized carbons (Fsp3) is 0.500. The lowest BCUT2D eigenvalue weighted by atomic mass is 10.0. The summed E-state index contributed by atoms with van der Waals surface area (Å²) >= 11 is 6.03. The number of benzene rings is 1. The molecule has 0 bridgehead atoms. The second-order valence-corrected chi connectivity index (χ2v) is 10.6. The van der Waals surface area contributed by atoms with Gasteiger partial charge in [-0.15, -0.1) is 0 Å². The van der Waals surface area contributed by atoms with Crippen molar-refractivity contribution >= 4 is 27.5 Å². The summed E-state index contributed by atoms with van der Waals surface area (Å²) in [5.74, 6) is -2.88. The Morgan fingerprint density at radius 2 is 1.97 bits per heavy atom. The first-order valence-corrected chi connectivity index (χ1v) is 12.3. The first-order valence-electron chi connectivity index (χ1n) is 10.4. The summed E-state index contributed by atoms with van der Waals surface area (Å²) in [6, 6.07) is 2.71. The highest BCUT2D eigenvalue weighted by molar-refractivity contribution is 7.95. The number of ether oxygens (including phenoxy) is 2. The molecule has 176 valence electrons. The number of hydrogen-bond donors (Lipinski definition) is 0. The summed E-state index contributed by atoms with van der Waals surface area (Å²) in [5, 5.41) is -0.938. The van der Waals surface area contributed by atoms with Crippen molar-refractivity contribution < 1.29 is 31.5 Å². The molecule has 6 nitrogen and oxygen atoms in total. The molecular formula is C22H26ClF2NO5S. The van der Waals surface area contributed by atoms with Gasteiger partial charge in [-0.05, 0) is 42.7 Å². The molecule has 2 aliphatic rings. The van der Waals surface area contributed by atoms with E-state index in [1.165, 1.54) is 24.0 Å². The summed E-state index contributed by atoms with van der Waals surface area (Å²) in [6.45, 7) is 4.47. The van der Waals surface area contributed by atoms with Crippen molar-refractivity contribution in [3.63, 3.8) is 0 Å². The standard InChI is InChI=1S/C22H26ClF2NO5S/c1-14-11-16(23)3-6-20(14)32(28,29)21(18-12-17(24)4-5-19(18)25)15(2)13-31-22(27)26-7-9-30-10-8-26/h3-6,12,14-15,21H,7-11,13H2,1-2H3/t14?,15-,21+/m1/s1. The predicted molar refractivity (Wildman–Crippen MR) is 117 cm³/mol. The van der Waals surface area contributed by atoms with Gasteiger partial charge in [0.1, 0.15) is 11.6 Å². The quantitative estimate of drug-likeness (QED) is 0.585. The third-order valence-corrected chi connectivity index (χ3v) is 8.46. The molecule has 1 aliphatic carbocycles. The Morgan fingerprint density at radius 1 is 1.28 bits per heavy atom. The van der Waals surface area contributed by atoms with E-state index in [0.717, 1.165) is 18.2 Å². The smallest absolute Gasteiger partial charge is 0.409 e. The molecular weight excluding hydrogens is 464 g/mol. The average Bonchev–Trinajstić information content (AvgIpc) is 2.74. The van der Waals surface area contributed by atoms with Crippen molar-refractivity contribution in [1.82, 2.24) is 4.90 Å². The zero-order valence-electron chi connectivity index (χ0n) is 17.9. The van der Waals surface area contributed by atoms with Crippen molar-refractivity contribution in [3.8, 4) is 0 Å². The number of allylic oxidation sites excluding steroid dienone is 4. The minimum absolute atomic E-state index is 0.0851. The Hall–Kier alpha value is -1.97. The molecule has 3 atom stereocenters. The highest BCUT2D eigenvalue weighted by Gasteiger charge is 2.40. The summed E-state index contributed by atoms with van der Waals surface area (Å²) in [4.78, 5) is 13.9. The zero-order valence-corrected chi connectivity index (χ0v) is 19.5. The first-order chi connectivity index (χ1) is 15.1. The maximum absolute atomic E-state index is 14.7. The molecule has 1 saturated heterocycles. The maximum atomic E-state index is 14.7. The normalized spacial score (nSPS) is 21.4. The van der Waals surface area contributed by atoms with Crippen LogP contribution in [0.3, 0.4) is 0 Å². The molecule has 1 amide bonds. The van der Waals surface area contributed by atoms with Gasteiger partial charge in [0, 0.05) is 34.5 Å². The van der Waals surface area contributed by atoms with Gasteiger partial charge in [-0.2, -0.15) is 0 Å². The van der Waals surface area contributed by atoms with Crippen LogP contribution in [0.1, 0.15) is 31.1 Å². The van der Waals surface area contributed by atoms with Crippen LogP contribution in [-0.4, -0.2) is 52.3 Å². The number of carbonyl (C=O) groups is 1. The largest absolute Gasteiger partial charge is 0.449 e. The van der Waals surface area contributed by atoms with Crippen LogP contribution in [0.5, 0.6) is 0 Å². The highest BCUT2D eigenvalue weighted by atomic mass is 35.5. The van der Waals surface area contributed by atoms with Gasteiger partial charge in [0.2, 0.25) is 0 Å². The Morgan fingerprint density at radius 3 is 2.62 bits per heavy atom. The van der Waals surface area contributed by atoms with Crippen LogP contribution in [0.4, 0.5) is 13.6 Å². The van der Waals surface area contributed by atoms with Crippen molar-refractivity contribution in [1.29, 1.82) is 0 Å². The molecule has 1 aliphatic heterocycles. The van der Waals surface area contributed by atoms with Gasteiger partial charge in [-0.25, -0.2) is 22.0 Å². The van der Waals surface area contributed by atoms with Gasteiger partial charge in [0.15, 0.2) is 9.84 Å². The van der Waals surface area contributed by atoms with E-state index in [1.807, 2.05) is 0 Å². The van der Waals surface area contributed by atoms with E-state index in [0.29, 0.717) is 37.8 Å². The monoisotopic (exact) mass is 489 g/mol. The van der Waals surface area contributed by atoms with E-state index in [-0.39, 0.29) is 17.1 Å². The van der Waals surface area contributed by atoms with Crippen LogP contribution in [0.25, 0.3) is 0 Å². The van der Waals surface area contributed by atoms with Crippen LogP contribution >= 0.6 is 11.6 Å². The van der Waals surface area contributed by atoms with Crippen molar-refractivity contribution in [2.75, 3.05) is 32.9 Å². The fourth-order valence-electron chi connectivity index (χ4n) is 3.96. The number of morpholine rings is 1. The summed E-state index contributed by atoms with van der Waals surface area (Å²) in [7, 11) is -4.13. The van der Waals surface area contributed by atoms with E-state index >= 15 is 0 Å². The topological polar surface area (TPSA) is 72.9 Å². The third-order valence-electron chi connectivity index (χ3n) is 5.60. The van der Waals surface area contributed by atoms with Crippen molar-refractivity contribution in [3.05, 3.63) is 57.5 Å². The number of carbonyl (C=O) groups excluding carboxylic acids is 1. The Labute approximate surface area is 191 Å². The van der Waals surface area contributed by atoms with Gasteiger partial charge in [-0.3, -0.25) is 0 Å². The highest BCUT2D eigenvalue weighted by Crippen LogP contribution is 2.41. The van der Waals surface area contributed by atoms with Crippen LogP contribution in [0.2, 0.25) is 0 Å². The molecule has 1 heterocycles. The third kappa shape index (κ3) is 5.50. The molecule has 1 aromatic carbocycles. The summed E-state index contributed by atoms with van der Waals surface area (Å²) in [6.07, 6.45) is 2.63. The number of rotatable bonds is 6. The van der Waals surface area contributed by atoms with E-state index in [2.05, 4.69) is 0 Å². The predicted octanol–water partition coefficient (Wildman–Crippen LogP) is 4.57. The van der Waals surface area contributed by atoms with Gasteiger partial charge < -0.3 is 14.4 Å². The zero-order chi connectivity index (χ0) is 23.5. The molecule has 0 spiro atoms. The molecule has 1 aromatic rings. The average molecular weight is 490 g/mol. The molecule has 1 unspecified atom stereocenters. The molecule has 0 saturated carbocycles. The first kappa shape index (κ1) is 24.7. The Kier molecular flexibility index (Phi) is 7.95. The Balaban J connectivity index is 1.92. The number of sulfone groups is 1.